The van der Waals surface area contributed by atoms with Crippen molar-refractivity contribution in [2.45, 2.75) is 39.5 Å². The van der Waals surface area contributed by atoms with Crippen molar-refractivity contribution in [2.24, 2.45) is 10.7 Å². The number of hydrogen-bond acceptors (Lipinski definition) is 2. The quantitative estimate of drug-likeness (QED) is 0.301. The lowest BCUT2D eigenvalue weighted by atomic mass is 10.0. The molecule has 1 aromatic carbocycles. The predicted octanol–water partition coefficient (Wildman–Crippen LogP) is 3.51. The van der Waals surface area contributed by atoms with Crippen LogP contribution in [0.25, 0.3) is 0 Å². The fourth-order valence-electron chi connectivity index (χ4n) is 1.84. The molecular weight excluding hydrogens is 377 g/mol. The maximum atomic E-state index is 5.80. The van der Waals surface area contributed by atoms with Gasteiger partial charge in [-0.05, 0) is 24.0 Å². The van der Waals surface area contributed by atoms with E-state index in [0.29, 0.717) is 25.0 Å². The molecule has 0 aromatic heterocycles. The second-order valence-electron chi connectivity index (χ2n) is 5.09. The Morgan fingerprint density at radius 3 is 2.71 bits per heavy atom. The summed E-state index contributed by atoms with van der Waals surface area (Å²) in [5, 5.41) is 3.06. The highest BCUT2D eigenvalue weighted by molar-refractivity contribution is 14.0. The van der Waals surface area contributed by atoms with Crippen LogP contribution in [0.4, 0.5) is 0 Å². The molecule has 4 nitrogen and oxygen atoms in total. The Kier molecular flexibility index (Phi) is 11.1. The van der Waals surface area contributed by atoms with Gasteiger partial charge in [-0.15, -0.1) is 24.0 Å². The summed E-state index contributed by atoms with van der Waals surface area (Å²) in [7, 11) is 0. The van der Waals surface area contributed by atoms with E-state index in [0.717, 1.165) is 25.1 Å². The van der Waals surface area contributed by atoms with Crippen LogP contribution in [-0.4, -0.2) is 25.7 Å². The molecule has 0 heterocycles. The summed E-state index contributed by atoms with van der Waals surface area (Å²) in [6.07, 6.45) is 2.20. The van der Waals surface area contributed by atoms with Gasteiger partial charge in [-0.1, -0.05) is 45.4 Å². The molecule has 0 radical (unpaired) electrons. The van der Waals surface area contributed by atoms with Crippen molar-refractivity contribution < 1.29 is 4.74 Å². The molecule has 0 unspecified atom stereocenters. The number of para-hydroxylation sites is 1. The summed E-state index contributed by atoms with van der Waals surface area (Å²) in [6.45, 7) is 8.49. The average Bonchev–Trinajstić information content (AvgIpc) is 2.44. The number of halogens is 1. The molecule has 0 saturated heterocycles. The Labute approximate surface area is 145 Å². The molecule has 1 aromatic rings. The summed E-state index contributed by atoms with van der Waals surface area (Å²) < 4.78 is 5.80. The number of rotatable bonds is 8. The van der Waals surface area contributed by atoms with Crippen molar-refractivity contribution in [1.29, 1.82) is 0 Å². The summed E-state index contributed by atoms with van der Waals surface area (Å²) in [4.78, 5) is 4.23. The van der Waals surface area contributed by atoms with Gasteiger partial charge in [0.1, 0.15) is 12.4 Å². The molecule has 0 aliphatic heterocycles. The van der Waals surface area contributed by atoms with E-state index in [1.807, 2.05) is 18.2 Å². The standard InChI is InChI=1S/C16H27N3O.HI/c1-4-5-10-18-16(17)19-11-12-20-15-9-7-6-8-14(15)13(2)3;/h6-9,13H,4-5,10-12H2,1-3H3,(H3,17,18,19);1H. The fraction of sp³-hybridized carbons (Fsp3) is 0.562. The Morgan fingerprint density at radius 2 is 2.05 bits per heavy atom. The number of nitrogens with two attached hydrogens (primary N) is 1. The van der Waals surface area contributed by atoms with Crippen molar-refractivity contribution in [3.8, 4) is 5.75 Å². The van der Waals surface area contributed by atoms with Crippen LogP contribution in [0.5, 0.6) is 5.75 Å². The molecule has 0 saturated carbocycles. The minimum absolute atomic E-state index is 0. The lowest BCUT2D eigenvalue weighted by Gasteiger charge is -2.14. The number of nitrogens with zero attached hydrogens (tertiary/aromatic N) is 1. The Bertz CT molecular complexity index is 422. The van der Waals surface area contributed by atoms with E-state index in [-0.39, 0.29) is 24.0 Å². The molecule has 0 spiro atoms. The maximum absolute atomic E-state index is 5.80. The highest BCUT2D eigenvalue weighted by atomic mass is 127. The molecule has 0 aliphatic carbocycles. The predicted molar refractivity (Wildman–Crippen MR) is 101 cm³/mol. The van der Waals surface area contributed by atoms with Crippen LogP contribution in [0.1, 0.15) is 45.1 Å². The van der Waals surface area contributed by atoms with Crippen molar-refractivity contribution in [3.05, 3.63) is 29.8 Å². The highest BCUT2D eigenvalue weighted by Crippen LogP contribution is 2.25. The smallest absolute Gasteiger partial charge is 0.188 e. The molecule has 0 bridgehead atoms. The van der Waals surface area contributed by atoms with Crippen molar-refractivity contribution in [3.63, 3.8) is 0 Å². The van der Waals surface area contributed by atoms with Crippen molar-refractivity contribution in [2.75, 3.05) is 19.7 Å². The molecule has 0 aliphatic rings. The Hall–Kier alpha value is -0.980. The molecule has 5 heteroatoms. The summed E-state index contributed by atoms with van der Waals surface area (Å²) in [5.74, 6) is 1.91. The molecular formula is C16H28IN3O. The minimum Gasteiger partial charge on any atom is -0.491 e. The number of aliphatic imine (C=N–C) groups is 1. The number of guanidine groups is 1. The van der Waals surface area contributed by atoms with Gasteiger partial charge in [0.2, 0.25) is 0 Å². The van der Waals surface area contributed by atoms with Crippen LogP contribution >= 0.6 is 24.0 Å². The van der Waals surface area contributed by atoms with Crippen LogP contribution < -0.4 is 15.8 Å². The normalized spacial score (nSPS) is 11.1. The summed E-state index contributed by atoms with van der Waals surface area (Å²) in [5.41, 5.74) is 6.99. The fourth-order valence-corrected chi connectivity index (χ4v) is 1.84. The first-order chi connectivity index (χ1) is 9.65. The third-order valence-corrected chi connectivity index (χ3v) is 3.00. The van der Waals surface area contributed by atoms with Gasteiger partial charge in [0.15, 0.2) is 5.96 Å². The molecule has 0 fully saturated rings. The van der Waals surface area contributed by atoms with Crippen LogP contribution in [0.15, 0.2) is 29.3 Å². The van der Waals surface area contributed by atoms with Gasteiger partial charge in [0, 0.05) is 6.54 Å². The third kappa shape index (κ3) is 8.14. The van der Waals surface area contributed by atoms with Gasteiger partial charge in [-0.3, -0.25) is 4.99 Å². The molecule has 1 rings (SSSR count). The number of hydrogen-bond donors (Lipinski definition) is 2. The number of ether oxygens (including phenoxy) is 1. The number of benzene rings is 1. The Morgan fingerprint density at radius 1 is 1.33 bits per heavy atom. The molecule has 3 N–H and O–H groups in total. The molecule has 120 valence electrons. The second kappa shape index (κ2) is 11.7. The largest absolute Gasteiger partial charge is 0.491 e. The average molecular weight is 405 g/mol. The zero-order valence-corrected chi connectivity index (χ0v) is 15.6. The highest BCUT2D eigenvalue weighted by Gasteiger charge is 2.06. The van der Waals surface area contributed by atoms with E-state index in [2.05, 4.69) is 37.1 Å². The van der Waals surface area contributed by atoms with Crippen LogP contribution in [0.3, 0.4) is 0 Å². The molecule has 0 atom stereocenters. The van der Waals surface area contributed by atoms with Crippen molar-refractivity contribution >= 4 is 29.9 Å². The third-order valence-electron chi connectivity index (χ3n) is 3.00. The Balaban J connectivity index is 0.00000400. The monoisotopic (exact) mass is 405 g/mol. The first-order valence-corrected chi connectivity index (χ1v) is 7.40. The van der Waals surface area contributed by atoms with Crippen LogP contribution in [-0.2, 0) is 0 Å². The lowest BCUT2D eigenvalue weighted by molar-refractivity contribution is 0.318. The second-order valence-corrected chi connectivity index (χ2v) is 5.09. The SMILES string of the molecule is CCCCN=C(N)NCCOc1ccccc1C(C)C.I. The van der Waals surface area contributed by atoms with Gasteiger partial charge in [-0.2, -0.15) is 0 Å². The van der Waals surface area contributed by atoms with E-state index < -0.39 is 0 Å². The van der Waals surface area contributed by atoms with E-state index >= 15 is 0 Å². The van der Waals surface area contributed by atoms with Gasteiger partial charge in [-0.25, -0.2) is 0 Å². The van der Waals surface area contributed by atoms with Gasteiger partial charge in [0.25, 0.3) is 0 Å². The topological polar surface area (TPSA) is 59.6 Å². The summed E-state index contributed by atoms with van der Waals surface area (Å²) >= 11 is 0. The number of unbranched alkanes of at least 4 members (excludes halogenated alkanes) is 1. The van der Waals surface area contributed by atoms with Crippen molar-refractivity contribution in [1.82, 2.24) is 5.32 Å². The summed E-state index contributed by atoms with van der Waals surface area (Å²) in [6, 6.07) is 8.15. The van der Waals surface area contributed by atoms with Gasteiger partial charge < -0.3 is 15.8 Å². The van der Waals surface area contributed by atoms with Gasteiger partial charge in [0.05, 0.1) is 6.54 Å². The van der Waals surface area contributed by atoms with Gasteiger partial charge >= 0.3 is 0 Å². The lowest BCUT2D eigenvalue weighted by Crippen LogP contribution is -2.34. The molecule has 0 amide bonds. The van der Waals surface area contributed by atoms with E-state index in [4.69, 9.17) is 10.5 Å². The number of nitrogens with one attached hydrogen (secondary N) is 1. The zero-order valence-electron chi connectivity index (χ0n) is 13.3. The van der Waals surface area contributed by atoms with E-state index in [9.17, 15) is 0 Å². The maximum Gasteiger partial charge on any atom is 0.188 e. The van der Waals surface area contributed by atoms with Crippen LogP contribution in [0.2, 0.25) is 0 Å². The van der Waals surface area contributed by atoms with E-state index in [1.165, 1.54) is 5.56 Å². The first-order valence-electron chi connectivity index (χ1n) is 7.40. The van der Waals surface area contributed by atoms with E-state index in [1.54, 1.807) is 0 Å². The zero-order chi connectivity index (χ0) is 14.8. The van der Waals surface area contributed by atoms with Crippen LogP contribution in [0, 0.1) is 0 Å². The molecule has 21 heavy (non-hydrogen) atoms. The first kappa shape index (κ1) is 20.0. The minimum atomic E-state index is 0.